The van der Waals surface area contributed by atoms with Crippen LogP contribution >= 0.6 is 0 Å². The second-order valence-corrected chi connectivity index (χ2v) is 3.06. The van der Waals surface area contributed by atoms with Crippen LogP contribution in [0, 0.1) is 0 Å². The van der Waals surface area contributed by atoms with Crippen molar-refractivity contribution in [2.45, 2.75) is 31.7 Å². The van der Waals surface area contributed by atoms with Crippen molar-refractivity contribution in [2.75, 3.05) is 13.2 Å². The molecule has 1 heterocycles. The lowest BCUT2D eigenvalue weighted by Crippen LogP contribution is -2.32. The molecule has 0 bridgehead atoms. The monoisotopic (exact) mass is 172 g/mol. The second kappa shape index (κ2) is 4.03. The first kappa shape index (κ1) is 9.71. The molecule has 0 radical (unpaired) electrons. The van der Waals surface area contributed by atoms with E-state index in [0.717, 1.165) is 6.61 Å². The first-order valence-corrected chi connectivity index (χ1v) is 4.29. The molecule has 1 N–H and O–H groups in total. The van der Waals surface area contributed by atoms with E-state index in [9.17, 15) is 5.11 Å². The van der Waals surface area contributed by atoms with E-state index in [4.69, 9.17) is 9.47 Å². The molecule has 12 heavy (non-hydrogen) atoms. The van der Waals surface area contributed by atoms with Crippen molar-refractivity contribution in [1.29, 1.82) is 0 Å². The first-order chi connectivity index (χ1) is 5.70. The van der Waals surface area contributed by atoms with Gasteiger partial charge in [-0.15, -0.1) is 6.58 Å². The topological polar surface area (TPSA) is 42.0 Å². The van der Waals surface area contributed by atoms with Crippen molar-refractivity contribution < 1.29 is 14.6 Å². The van der Waals surface area contributed by atoms with E-state index < -0.39 is 5.79 Å². The smallest absolute Gasteiger partial charge is 0.168 e. The summed E-state index contributed by atoms with van der Waals surface area (Å²) in [4.78, 5) is 0. The highest BCUT2D eigenvalue weighted by molar-refractivity contribution is 4.79. The standard InChI is InChI=1S/C9H16O3/c1-3-5-9(10,4-2)12-7-8-6-11-8/h3,8,10H,1,4-7H2,2H3. The summed E-state index contributed by atoms with van der Waals surface area (Å²) < 4.78 is 10.3. The van der Waals surface area contributed by atoms with E-state index in [1.807, 2.05) is 6.92 Å². The molecule has 3 heteroatoms. The molecule has 70 valence electrons. The number of hydrogen-bond donors (Lipinski definition) is 1. The molecule has 3 nitrogen and oxygen atoms in total. The largest absolute Gasteiger partial charge is 0.371 e. The molecule has 0 spiro atoms. The maximum atomic E-state index is 9.75. The van der Waals surface area contributed by atoms with Crippen LogP contribution in [0.25, 0.3) is 0 Å². The van der Waals surface area contributed by atoms with Crippen molar-refractivity contribution in [3.8, 4) is 0 Å². The van der Waals surface area contributed by atoms with Crippen LogP contribution in [0.3, 0.4) is 0 Å². The summed E-state index contributed by atoms with van der Waals surface area (Å²) in [6.45, 7) is 6.69. The molecule has 1 fully saturated rings. The third-order valence-corrected chi connectivity index (χ3v) is 1.96. The third kappa shape index (κ3) is 2.93. The fourth-order valence-corrected chi connectivity index (χ4v) is 0.943. The van der Waals surface area contributed by atoms with E-state index in [1.165, 1.54) is 0 Å². The Labute approximate surface area is 73.0 Å². The summed E-state index contributed by atoms with van der Waals surface area (Å²) in [6, 6.07) is 0. The summed E-state index contributed by atoms with van der Waals surface area (Å²) >= 11 is 0. The Morgan fingerprint density at radius 1 is 1.83 bits per heavy atom. The minimum atomic E-state index is -1.03. The van der Waals surface area contributed by atoms with Crippen molar-refractivity contribution in [1.82, 2.24) is 0 Å². The minimum Gasteiger partial charge on any atom is -0.371 e. The van der Waals surface area contributed by atoms with E-state index in [0.29, 0.717) is 19.4 Å². The van der Waals surface area contributed by atoms with Gasteiger partial charge in [-0.05, 0) is 6.42 Å². The van der Waals surface area contributed by atoms with Gasteiger partial charge in [0.15, 0.2) is 5.79 Å². The van der Waals surface area contributed by atoms with E-state index >= 15 is 0 Å². The van der Waals surface area contributed by atoms with Crippen molar-refractivity contribution in [3.63, 3.8) is 0 Å². The van der Waals surface area contributed by atoms with Crippen LogP contribution in [0.15, 0.2) is 12.7 Å². The molecule has 1 aliphatic heterocycles. The number of rotatable bonds is 6. The predicted molar refractivity (Wildman–Crippen MR) is 45.7 cm³/mol. The van der Waals surface area contributed by atoms with E-state index in [-0.39, 0.29) is 6.10 Å². The zero-order valence-corrected chi connectivity index (χ0v) is 7.45. The maximum Gasteiger partial charge on any atom is 0.168 e. The lowest BCUT2D eigenvalue weighted by molar-refractivity contribution is -0.204. The minimum absolute atomic E-state index is 0.202. The van der Waals surface area contributed by atoms with Crippen LogP contribution in [0.1, 0.15) is 19.8 Å². The van der Waals surface area contributed by atoms with Gasteiger partial charge in [0.1, 0.15) is 6.10 Å². The third-order valence-electron chi connectivity index (χ3n) is 1.96. The molecule has 1 aliphatic rings. The zero-order chi connectivity index (χ0) is 9.03. The van der Waals surface area contributed by atoms with Gasteiger partial charge in [0, 0.05) is 6.42 Å². The average Bonchev–Trinajstić information content (AvgIpc) is 2.85. The molecule has 0 aromatic carbocycles. The molecule has 1 saturated heterocycles. The Kier molecular flexibility index (Phi) is 3.26. The Bertz CT molecular complexity index is 154. The zero-order valence-electron chi connectivity index (χ0n) is 7.45. The van der Waals surface area contributed by atoms with Gasteiger partial charge in [-0.25, -0.2) is 0 Å². The van der Waals surface area contributed by atoms with Gasteiger partial charge in [-0.3, -0.25) is 0 Å². The summed E-state index contributed by atoms with van der Waals surface area (Å²) in [5.41, 5.74) is 0. The Morgan fingerprint density at radius 3 is 2.92 bits per heavy atom. The molecule has 0 amide bonds. The molecular formula is C9H16O3. The van der Waals surface area contributed by atoms with Crippen molar-refractivity contribution in [2.24, 2.45) is 0 Å². The van der Waals surface area contributed by atoms with Crippen LogP contribution < -0.4 is 0 Å². The predicted octanol–water partition coefficient (Wildman–Crippen LogP) is 1.08. The maximum absolute atomic E-state index is 9.75. The molecule has 0 aliphatic carbocycles. The molecule has 2 atom stereocenters. The van der Waals surface area contributed by atoms with Gasteiger partial charge < -0.3 is 14.6 Å². The fourth-order valence-electron chi connectivity index (χ4n) is 0.943. The summed E-state index contributed by atoms with van der Waals surface area (Å²) in [5.74, 6) is -1.03. The number of epoxide rings is 1. The molecule has 2 unspecified atom stereocenters. The van der Waals surface area contributed by atoms with E-state index in [1.54, 1.807) is 6.08 Å². The number of hydrogen-bond acceptors (Lipinski definition) is 3. The lowest BCUT2D eigenvalue weighted by Gasteiger charge is -2.25. The van der Waals surface area contributed by atoms with Gasteiger partial charge in [0.2, 0.25) is 0 Å². The fraction of sp³-hybridized carbons (Fsp3) is 0.778. The molecule has 0 aromatic rings. The SMILES string of the molecule is C=CCC(O)(CC)OCC1CO1. The molecular weight excluding hydrogens is 156 g/mol. The normalized spacial score (nSPS) is 26.3. The number of ether oxygens (including phenoxy) is 2. The van der Waals surface area contributed by atoms with Crippen molar-refractivity contribution >= 4 is 0 Å². The Hall–Kier alpha value is -0.380. The van der Waals surface area contributed by atoms with Gasteiger partial charge in [0.25, 0.3) is 0 Å². The Balaban J connectivity index is 2.24. The highest BCUT2D eigenvalue weighted by Crippen LogP contribution is 2.20. The van der Waals surface area contributed by atoms with Crippen LogP contribution in [-0.4, -0.2) is 30.2 Å². The van der Waals surface area contributed by atoms with Crippen LogP contribution in [0.4, 0.5) is 0 Å². The first-order valence-electron chi connectivity index (χ1n) is 4.29. The summed E-state index contributed by atoms with van der Waals surface area (Å²) in [6.07, 6.45) is 2.91. The van der Waals surface area contributed by atoms with Gasteiger partial charge in [0.05, 0.1) is 13.2 Å². The summed E-state index contributed by atoms with van der Waals surface area (Å²) in [5, 5.41) is 9.75. The highest BCUT2D eigenvalue weighted by atomic mass is 16.7. The molecule has 0 saturated carbocycles. The average molecular weight is 172 g/mol. The summed E-state index contributed by atoms with van der Waals surface area (Å²) in [7, 11) is 0. The van der Waals surface area contributed by atoms with Crippen LogP contribution in [0.2, 0.25) is 0 Å². The molecule has 0 aromatic heterocycles. The molecule has 1 rings (SSSR count). The second-order valence-electron chi connectivity index (χ2n) is 3.06. The lowest BCUT2D eigenvalue weighted by atomic mass is 10.1. The van der Waals surface area contributed by atoms with Crippen LogP contribution in [0.5, 0.6) is 0 Å². The van der Waals surface area contributed by atoms with E-state index in [2.05, 4.69) is 6.58 Å². The quantitative estimate of drug-likeness (QED) is 0.370. The van der Waals surface area contributed by atoms with Gasteiger partial charge >= 0.3 is 0 Å². The highest BCUT2D eigenvalue weighted by Gasteiger charge is 2.29. The Morgan fingerprint density at radius 2 is 2.50 bits per heavy atom. The van der Waals surface area contributed by atoms with Crippen molar-refractivity contribution in [3.05, 3.63) is 12.7 Å². The van der Waals surface area contributed by atoms with Crippen LogP contribution in [-0.2, 0) is 9.47 Å². The van der Waals surface area contributed by atoms with Gasteiger partial charge in [-0.1, -0.05) is 13.0 Å². The number of aliphatic hydroxyl groups is 1. The van der Waals surface area contributed by atoms with Gasteiger partial charge in [-0.2, -0.15) is 0 Å².